The molecule has 0 spiro atoms. The predicted octanol–water partition coefficient (Wildman–Crippen LogP) is 2.13. The van der Waals surface area contributed by atoms with Gasteiger partial charge in [0, 0.05) is 24.4 Å². The van der Waals surface area contributed by atoms with Crippen LogP contribution in [0.2, 0.25) is 0 Å². The van der Waals surface area contributed by atoms with Crippen molar-refractivity contribution < 1.29 is 4.79 Å². The van der Waals surface area contributed by atoms with Gasteiger partial charge in [-0.15, -0.1) is 0 Å². The van der Waals surface area contributed by atoms with Crippen molar-refractivity contribution in [1.82, 2.24) is 5.32 Å². The molecule has 80 valence electrons. The monoisotopic (exact) mass is 195 g/mol. The molecule has 2 bridgehead atoms. The maximum absolute atomic E-state index is 11.9. The van der Waals surface area contributed by atoms with Crippen LogP contribution in [0.1, 0.15) is 46.0 Å². The van der Waals surface area contributed by atoms with Crippen LogP contribution in [-0.2, 0) is 4.79 Å². The molecule has 3 atom stereocenters. The van der Waals surface area contributed by atoms with Crippen LogP contribution in [0.25, 0.3) is 0 Å². The second kappa shape index (κ2) is 4.01. The fourth-order valence-corrected chi connectivity index (χ4v) is 2.80. The maximum Gasteiger partial charge on any atom is 0.137 e. The minimum Gasteiger partial charge on any atom is -0.310 e. The Hall–Kier alpha value is -0.370. The number of fused-ring (bicyclic) bond motifs is 2. The summed E-state index contributed by atoms with van der Waals surface area (Å²) >= 11 is 0. The number of nitrogens with one attached hydrogen (secondary N) is 1. The quantitative estimate of drug-likeness (QED) is 0.744. The maximum atomic E-state index is 11.9. The molecule has 0 aliphatic carbocycles. The molecule has 0 aromatic carbocycles. The molecule has 2 fully saturated rings. The van der Waals surface area contributed by atoms with E-state index in [0.717, 1.165) is 19.3 Å². The lowest BCUT2D eigenvalue weighted by atomic mass is 9.84. The van der Waals surface area contributed by atoms with Crippen molar-refractivity contribution in [2.75, 3.05) is 0 Å². The van der Waals surface area contributed by atoms with E-state index in [0.29, 0.717) is 29.7 Å². The van der Waals surface area contributed by atoms with Gasteiger partial charge in [-0.3, -0.25) is 4.79 Å². The second-order valence-electron chi connectivity index (χ2n) is 5.29. The third-order valence-electron chi connectivity index (χ3n) is 3.68. The Morgan fingerprint density at radius 1 is 1.43 bits per heavy atom. The zero-order valence-corrected chi connectivity index (χ0v) is 9.25. The standard InChI is InChI=1S/C12H21NO/c1-8(2)3-6-12(14)10-7-9-4-5-11(10)13-9/h8-11,13H,3-7H2,1-2H3. The normalized spacial score (nSPS) is 35.5. The first kappa shape index (κ1) is 10.2. The summed E-state index contributed by atoms with van der Waals surface area (Å²) in [4.78, 5) is 11.9. The summed E-state index contributed by atoms with van der Waals surface area (Å²) in [6, 6.07) is 1.19. The van der Waals surface area contributed by atoms with Gasteiger partial charge in [-0.05, 0) is 31.6 Å². The van der Waals surface area contributed by atoms with Crippen molar-refractivity contribution in [2.45, 2.75) is 58.0 Å². The zero-order valence-electron chi connectivity index (χ0n) is 9.25. The van der Waals surface area contributed by atoms with E-state index in [4.69, 9.17) is 0 Å². The van der Waals surface area contributed by atoms with Crippen molar-refractivity contribution in [1.29, 1.82) is 0 Å². The van der Waals surface area contributed by atoms with E-state index in [1.807, 2.05) is 0 Å². The Kier molecular flexibility index (Phi) is 2.91. The molecular weight excluding hydrogens is 174 g/mol. The van der Waals surface area contributed by atoms with Gasteiger partial charge in [0.05, 0.1) is 0 Å². The fraction of sp³-hybridized carbons (Fsp3) is 0.917. The molecule has 0 saturated carbocycles. The van der Waals surface area contributed by atoms with Crippen molar-refractivity contribution in [3.8, 4) is 0 Å². The van der Waals surface area contributed by atoms with Gasteiger partial charge in [0.2, 0.25) is 0 Å². The first-order valence-electron chi connectivity index (χ1n) is 5.95. The van der Waals surface area contributed by atoms with Crippen LogP contribution < -0.4 is 5.32 Å². The lowest BCUT2D eigenvalue weighted by Crippen LogP contribution is -2.28. The van der Waals surface area contributed by atoms with Crippen LogP contribution in [0.5, 0.6) is 0 Å². The van der Waals surface area contributed by atoms with E-state index in [2.05, 4.69) is 19.2 Å². The molecule has 0 aromatic rings. The van der Waals surface area contributed by atoms with E-state index >= 15 is 0 Å². The van der Waals surface area contributed by atoms with Crippen molar-refractivity contribution >= 4 is 5.78 Å². The molecule has 3 unspecified atom stereocenters. The highest BCUT2D eigenvalue weighted by Gasteiger charge is 2.41. The van der Waals surface area contributed by atoms with Crippen molar-refractivity contribution in [2.24, 2.45) is 11.8 Å². The molecule has 0 radical (unpaired) electrons. The van der Waals surface area contributed by atoms with Gasteiger partial charge < -0.3 is 5.32 Å². The Morgan fingerprint density at radius 3 is 2.71 bits per heavy atom. The number of Topliss-reactive ketones (excluding diaryl/α,β-unsaturated/α-hetero) is 1. The number of hydrogen-bond acceptors (Lipinski definition) is 2. The molecule has 2 nitrogen and oxygen atoms in total. The Balaban J connectivity index is 1.81. The average molecular weight is 195 g/mol. The van der Waals surface area contributed by atoms with Crippen LogP contribution in [0.15, 0.2) is 0 Å². The summed E-state index contributed by atoms with van der Waals surface area (Å²) in [5, 5.41) is 3.53. The van der Waals surface area contributed by atoms with E-state index in [1.54, 1.807) is 0 Å². The van der Waals surface area contributed by atoms with E-state index in [-0.39, 0.29) is 0 Å². The highest BCUT2D eigenvalue weighted by molar-refractivity contribution is 5.82. The SMILES string of the molecule is CC(C)CCC(=O)C1CC2CCC1N2. The van der Waals surface area contributed by atoms with Crippen LogP contribution in [-0.4, -0.2) is 17.9 Å². The van der Waals surface area contributed by atoms with Gasteiger partial charge in [0.15, 0.2) is 0 Å². The average Bonchev–Trinajstić information content (AvgIpc) is 2.74. The third-order valence-corrected chi connectivity index (χ3v) is 3.68. The summed E-state index contributed by atoms with van der Waals surface area (Å²) < 4.78 is 0. The van der Waals surface area contributed by atoms with Crippen molar-refractivity contribution in [3.63, 3.8) is 0 Å². The van der Waals surface area contributed by atoms with Crippen LogP contribution in [0.4, 0.5) is 0 Å². The van der Waals surface area contributed by atoms with Gasteiger partial charge in [0.1, 0.15) is 5.78 Å². The zero-order chi connectivity index (χ0) is 10.1. The van der Waals surface area contributed by atoms with Gasteiger partial charge in [-0.1, -0.05) is 13.8 Å². The molecule has 1 N–H and O–H groups in total. The second-order valence-corrected chi connectivity index (χ2v) is 5.29. The number of rotatable bonds is 4. The fourth-order valence-electron chi connectivity index (χ4n) is 2.80. The highest BCUT2D eigenvalue weighted by Crippen LogP contribution is 2.34. The molecule has 14 heavy (non-hydrogen) atoms. The Morgan fingerprint density at radius 2 is 2.21 bits per heavy atom. The van der Waals surface area contributed by atoms with Gasteiger partial charge >= 0.3 is 0 Å². The number of carbonyl (C=O) groups is 1. The first-order chi connectivity index (χ1) is 6.66. The van der Waals surface area contributed by atoms with Gasteiger partial charge in [-0.25, -0.2) is 0 Å². The number of hydrogen-bond donors (Lipinski definition) is 1. The Bertz CT molecular complexity index is 224. The molecular formula is C12H21NO. The lowest BCUT2D eigenvalue weighted by molar-refractivity contribution is -0.123. The highest BCUT2D eigenvalue weighted by atomic mass is 16.1. The van der Waals surface area contributed by atoms with E-state index < -0.39 is 0 Å². The largest absolute Gasteiger partial charge is 0.310 e. The summed E-state index contributed by atoms with van der Waals surface area (Å²) in [5.74, 6) is 1.52. The minimum atomic E-state index is 0.354. The molecule has 2 heteroatoms. The van der Waals surface area contributed by atoms with Gasteiger partial charge in [-0.2, -0.15) is 0 Å². The summed E-state index contributed by atoms with van der Waals surface area (Å²) in [6.07, 6.45) is 5.49. The first-order valence-corrected chi connectivity index (χ1v) is 5.95. The van der Waals surface area contributed by atoms with Crippen LogP contribution in [0, 0.1) is 11.8 Å². The smallest absolute Gasteiger partial charge is 0.137 e. The molecule has 2 rings (SSSR count). The molecule has 2 heterocycles. The number of ketones is 1. The third kappa shape index (κ3) is 2.00. The van der Waals surface area contributed by atoms with E-state index in [1.165, 1.54) is 12.8 Å². The number of carbonyl (C=O) groups excluding carboxylic acids is 1. The molecule has 0 aromatic heterocycles. The Labute approximate surface area is 86.5 Å². The topological polar surface area (TPSA) is 29.1 Å². The van der Waals surface area contributed by atoms with E-state index in [9.17, 15) is 4.79 Å². The lowest BCUT2D eigenvalue weighted by Gasteiger charge is -2.19. The minimum absolute atomic E-state index is 0.354. The summed E-state index contributed by atoms with van der Waals surface area (Å²) in [5.41, 5.74) is 0. The predicted molar refractivity (Wildman–Crippen MR) is 57.1 cm³/mol. The molecule has 2 aliphatic heterocycles. The molecule has 2 saturated heterocycles. The summed E-state index contributed by atoms with van der Waals surface area (Å²) in [7, 11) is 0. The molecule has 2 aliphatic rings. The molecule has 0 amide bonds. The van der Waals surface area contributed by atoms with Crippen LogP contribution >= 0.6 is 0 Å². The van der Waals surface area contributed by atoms with Crippen molar-refractivity contribution in [3.05, 3.63) is 0 Å². The summed E-state index contributed by atoms with van der Waals surface area (Å²) in [6.45, 7) is 4.37. The van der Waals surface area contributed by atoms with Gasteiger partial charge in [0.25, 0.3) is 0 Å². The van der Waals surface area contributed by atoms with Crippen LogP contribution in [0.3, 0.4) is 0 Å².